The third-order valence-corrected chi connectivity index (χ3v) is 10.1. The molecule has 8 unspecified atom stereocenters. The monoisotopic (exact) mass is 766 g/mol. The number of benzene rings is 2. The average molecular weight is 767 g/mol. The number of hydrogen-bond acceptors (Lipinski definition) is 11. The van der Waals surface area contributed by atoms with Gasteiger partial charge in [0.15, 0.2) is 6.10 Å². The predicted molar refractivity (Wildman–Crippen MR) is 197 cm³/mol. The van der Waals surface area contributed by atoms with Gasteiger partial charge in [0.2, 0.25) is 23.1 Å². The number of aliphatic hydroxyl groups excluding tert-OH is 1. The van der Waals surface area contributed by atoms with E-state index in [1.54, 1.807) is 0 Å². The van der Waals surface area contributed by atoms with Gasteiger partial charge in [0.25, 0.3) is 0 Å². The highest BCUT2D eigenvalue weighted by Crippen LogP contribution is 2.55. The van der Waals surface area contributed by atoms with Crippen molar-refractivity contribution in [2.45, 2.75) is 119 Å². The van der Waals surface area contributed by atoms with Gasteiger partial charge >= 0.3 is 29.8 Å². The van der Waals surface area contributed by atoms with Crippen molar-refractivity contribution in [3.8, 4) is 0 Å². The second-order valence-electron chi connectivity index (χ2n) is 14.0. The molecule has 0 radical (unpaired) electrons. The summed E-state index contributed by atoms with van der Waals surface area (Å²) in [7, 11) is 0. The van der Waals surface area contributed by atoms with E-state index in [9.17, 15) is 49.5 Å². The first kappa shape index (κ1) is 42.8. The lowest BCUT2D eigenvalue weighted by atomic mass is 9.74. The molecule has 2 aromatic rings. The lowest BCUT2D eigenvalue weighted by Gasteiger charge is -2.48. The number of carbonyl (C=O) groups excluding carboxylic acids is 2. The molecule has 5 N–H and O–H groups in total. The number of aliphatic hydroxyl groups is 2. The topological polar surface area (TPSA) is 223 Å². The number of carbonyl (C=O) groups is 5. The Morgan fingerprint density at radius 3 is 2.00 bits per heavy atom. The molecule has 4 rings (SSSR count). The molecule has 2 bridgehead atoms. The minimum absolute atomic E-state index is 0.0313. The first-order valence-electron chi connectivity index (χ1n) is 18.5. The second kappa shape index (κ2) is 19.1. The van der Waals surface area contributed by atoms with Gasteiger partial charge in [-0.25, -0.2) is 14.4 Å². The van der Waals surface area contributed by atoms with Gasteiger partial charge in [-0.05, 0) is 55.6 Å². The molecule has 2 aliphatic rings. The number of ether oxygens (including phenoxy) is 4. The third-order valence-electron chi connectivity index (χ3n) is 10.1. The molecule has 14 nitrogen and oxygen atoms in total. The Labute approximate surface area is 319 Å². The lowest BCUT2D eigenvalue weighted by Crippen LogP contribution is -2.78. The first-order valence-corrected chi connectivity index (χ1v) is 18.5. The number of allylic oxidation sites excluding steroid dienone is 2. The molecule has 0 saturated carbocycles. The summed E-state index contributed by atoms with van der Waals surface area (Å²) in [6.45, 7) is 3.09. The Bertz CT molecular complexity index is 1690. The van der Waals surface area contributed by atoms with Crippen molar-refractivity contribution >= 4 is 42.0 Å². The molecule has 2 aliphatic heterocycles. The second-order valence-corrected chi connectivity index (χ2v) is 14.0. The summed E-state index contributed by atoms with van der Waals surface area (Å²) in [5.74, 6) is -11.0. The van der Waals surface area contributed by atoms with Gasteiger partial charge in [-0.2, -0.15) is 0 Å². The van der Waals surface area contributed by atoms with Gasteiger partial charge in [0, 0.05) is 19.8 Å². The molecule has 2 heterocycles. The molecule has 2 fully saturated rings. The van der Waals surface area contributed by atoms with E-state index in [4.69, 9.17) is 18.9 Å². The molecule has 14 heteroatoms. The predicted octanol–water partition coefficient (Wildman–Crippen LogP) is 5.00. The van der Waals surface area contributed by atoms with Crippen LogP contribution in [0.4, 0.5) is 0 Å². The maximum Gasteiger partial charge on any atom is 0.344 e. The Morgan fingerprint density at radius 1 is 0.836 bits per heavy atom. The van der Waals surface area contributed by atoms with Gasteiger partial charge in [0.05, 0.1) is 0 Å². The number of carboxylic acids is 3. The van der Waals surface area contributed by atoms with E-state index < -0.39 is 77.7 Å². The SMILES string of the molecule is CC(=O)OC(CCCC12OC(C(=O)O)C(O)(C(=O)O)C(C(=O)O)(O1)C(OC(=O)CCCCCCC=Cc1ccccc1)C2O)C(C)CC=Cc1ccccc1. The van der Waals surface area contributed by atoms with Crippen molar-refractivity contribution in [1.29, 1.82) is 0 Å². The van der Waals surface area contributed by atoms with E-state index in [1.807, 2.05) is 91.9 Å². The molecular formula is C41H50O14. The normalized spacial score (nSPS) is 27.1. The van der Waals surface area contributed by atoms with Gasteiger partial charge in [0.1, 0.15) is 12.2 Å². The van der Waals surface area contributed by atoms with Crippen molar-refractivity contribution in [3.05, 3.63) is 83.9 Å². The van der Waals surface area contributed by atoms with Crippen molar-refractivity contribution in [1.82, 2.24) is 0 Å². The van der Waals surface area contributed by atoms with Crippen molar-refractivity contribution in [2.75, 3.05) is 0 Å². The van der Waals surface area contributed by atoms with Crippen molar-refractivity contribution < 1.29 is 68.5 Å². The van der Waals surface area contributed by atoms with E-state index in [0.717, 1.165) is 30.4 Å². The highest BCUT2D eigenvalue weighted by molar-refractivity contribution is 5.98. The summed E-state index contributed by atoms with van der Waals surface area (Å²) in [5, 5.41) is 53.7. The molecule has 2 saturated heterocycles. The standard InChI is InChI=1S/C41H50O14/c1-27(17-15-23-30-21-12-8-13-22-30)31(52-28(2)42)24-16-26-39-33(44)34(41(55-39,38(49)50)40(51,37(47)48)35(54-39)36(45)46)53-32(43)25-14-6-4-3-5-9-18-29-19-10-7-11-20-29/h7-13,15,18-23,27,31,33-35,44,51H,3-6,14,16-17,24-26H2,1-2H3,(H,45,46)(H,47,48)(H,49,50). The maximum absolute atomic E-state index is 13.1. The van der Waals surface area contributed by atoms with Gasteiger partial charge in [-0.15, -0.1) is 0 Å². The minimum Gasteiger partial charge on any atom is -0.479 e. The quantitative estimate of drug-likeness (QED) is 0.0833. The Balaban J connectivity index is 1.47. The van der Waals surface area contributed by atoms with Crippen molar-refractivity contribution in [3.63, 3.8) is 0 Å². The zero-order valence-electron chi connectivity index (χ0n) is 31.0. The minimum atomic E-state index is -3.86. The van der Waals surface area contributed by atoms with E-state index in [0.29, 0.717) is 19.3 Å². The van der Waals surface area contributed by atoms with E-state index in [2.05, 4.69) is 0 Å². The fourth-order valence-electron chi connectivity index (χ4n) is 7.17. The van der Waals surface area contributed by atoms with Crippen LogP contribution in [0.1, 0.15) is 89.2 Å². The van der Waals surface area contributed by atoms with Crippen LogP contribution in [0.15, 0.2) is 72.8 Å². The first-order chi connectivity index (χ1) is 26.2. The average Bonchev–Trinajstić information content (AvgIpc) is 3.36. The number of hydrogen-bond donors (Lipinski definition) is 5. The molecule has 298 valence electrons. The molecule has 0 aliphatic carbocycles. The number of carboxylic acid groups (broad SMARTS) is 3. The maximum atomic E-state index is 13.1. The van der Waals surface area contributed by atoms with Gasteiger partial charge in [-0.1, -0.05) is 105 Å². The summed E-state index contributed by atoms with van der Waals surface area (Å²) < 4.78 is 22.2. The zero-order valence-corrected chi connectivity index (χ0v) is 31.0. The van der Waals surface area contributed by atoms with Crippen LogP contribution in [0.5, 0.6) is 0 Å². The molecule has 55 heavy (non-hydrogen) atoms. The molecule has 0 amide bonds. The van der Waals surface area contributed by atoms with Crippen LogP contribution in [-0.2, 0) is 42.9 Å². The molecule has 8 atom stereocenters. The van der Waals surface area contributed by atoms with E-state index in [-0.39, 0.29) is 25.2 Å². The van der Waals surface area contributed by atoms with Crippen LogP contribution in [0.2, 0.25) is 0 Å². The fraction of sp³-hybridized carbons (Fsp3) is 0.488. The largest absolute Gasteiger partial charge is 0.479 e. The zero-order chi connectivity index (χ0) is 40.2. The summed E-state index contributed by atoms with van der Waals surface area (Å²) >= 11 is 0. The molecular weight excluding hydrogens is 716 g/mol. The number of unbranched alkanes of at least 4 members (excludes halogenated alkanes) is 4. The number of aliphatic carboxylic acids is 3. The van der Waals surface area contributed by atoms with Crippen LogP contribution < -0.4 is 0 Å². The molecule has 0 aromatic heterocycles. The summed E-state index contributed by atoms with van der Waals surface area (Å²) in [4.78, 5) is 63.1. The van der Waals surface area contributed by atoms with Gasteiger partial charge < -0.3 is 44.5 Å². The highest BCUT2D eigenvalue weighted by Gasteiger charge is 2.85. The van der Waals surface area contributed by atoms with Crippen LogP contribution in [0.3, 0.4) is 0 Å². The number of rotatable bonds is 21. The van der Waals surface area contributed by atoms with Crippen LogP contribution >= 0.6 is 0 Å². The molecule has 2 aromatic carbocycles. The Hall–Kier alpha value is -4.89. The van der Waals surface area contributed by atoms with Crippen LogP contribution in [0, 0.1) is 5.92 Å². The number of esters is 2. The summed E-state index contributed by atoms with van der Waals surface area (Å²) in [6.07, 6.45) is 2.93. The highest BCUT2D eigenvalue weighted by atomic mass is 16.8. The molecule has 0 spiro atoms. The number of fused-ring (bicyclic) bond motifs is 2. The van der Waals surface area contributed by atoms with Crippen LogP contribution in [-0.4, -0.2) is 96.8 Å². The van der Waals surface area contributed by atoms with E-state index >= 15 is 0 Å². The third kappa shape index (κ3) is 9.87. The summed E-state index contributed by atoms with van der Waals surface area (Å²) in [6, 6.07) is 19.3. The van der Waals surface area contributed by atoms with Crippen molar-refractivity contribution in [2.24, 2.45) is 5.92 Å². The summed E-state index contributed by atoms with van der Waals surface area (Å²) in [5.41, 5.74) is -5.31. The van der Waals surface area contributed by atoms with Crippen LogP contribution in [0.25, 0.3) is 12.2 Å². The van der Waals surface area contributed by atoms with E-state index in [1.165, 1.54) is 6.92 Å². The Kier molecular flexibility index (Phi) is 14.9. The fourth-order valence-corrected chi connectivity index (χ4v) is 7.17. The lowest BCUT2D eigenvalue weighted by molar-refractivity contribution is -0.374. The smallest absolute Gasteiger partial charge is 0.344 e. The van der Waals surface area contributed by atoms with Gasteiger partial charge in [-0.3, -0.25) is 9.59 Å². The Morgan fingerprint density at radius 2 is 1.44 bits per heavy atom.